The summed E-state index contributed by atoms with van der Waals surface area (Å²) in [5.74, 6) is 0. The van der Waals surface area contributed by atoms with Gasteiger partial charge >= 0.3 is 6.09 Å². The third-order valence-corrected chi connectivity index (χ3v) is 2.34. The van der Waals surface area contributed by atoms with E-state index >= 15 is 0 Å². The van der Waals surface area contributed by atoms with Gasteiger partial charge in [-0.25, -0.2) is 4.79 Å². The number of benzene rings is 1. The summed E-state index contributed by atoms with van der Waals surface area (Å²) in [7, 11) is 6.13. The maximum absolute atomic E-state index is 11.4. The third-order valence-electron chi connectivity index (χ3n) is 2.09. The first-order chi connectivity index (χ1) is 7.87. The van der Waals surface area contributed by atoms with Crippen molar-refractivity contribution >= 4 is 23.4 Å². The second kappa shape index (κ2) is 5.89. The highest BCUT2D eigenvalue weighted by Gasteiger charge is 2.09. The number of carbonyl (C=O) groups excluding carboxylic acids is 1. The summed E-state index contributed by atoms with van der Waals surface area (Å²) < 4.78 is 5.81. The molecule has 1 amide bonds. The Bertz CT molecular complexity index is 371. The number of likely N-dealkylation sites (N-methyl/N-ethyl adjacent to an activating group) is 1. The molecule has 0 aliphatic carbocycles. The molecule has 1 aromatic rings. The summed E-state index contributed by atoms with van der Waals surface area (Å²) in [6, 6.07) is 6.87. The van der Waals surface area contributed by atoms with Crippen molar-refractivity contribution in [3.05, 3.63) is 29.3 Å². The van der Waals surface area contributed by atoms with Crippen molar-refractivity contribution < 1.29 is 14.0 Å². The number of ether oxygens (including phenoxy) is 1. The van der Waals surface area contributed by atoms with Crippen LogP contribution in [0.1, 0.15) is 0 Å². The molecule has 1 rings (SSSR count). The lowest BCUT2D eigenvalue weighted by Crippen LogP contribution is -2.38. The van der Waals surface area contributed by atoms with E-state index < -0.39 is 6.09 Å². The average molecular weight is 258 g/mol. The van der Waals surface area contributed by atoms with E-state index in [4.69, 9.17) is 16.3 Å². The zero-order valence-corrected chi connectivity index (χ0v) is 11.1. The molecule has 0 fully saturated rings. The highest BCUT2D eigenvalue weighted by molar-refractivity contribution is 6.30. The van der Waals surface area contributed by atoms with Crippen LogP contribution in [0.5, 0.6) is 0 Å². The lowest BCUT2D eigenvalue weighted by atomic mass is 10.3. The fourth-order valence-electron chi connectivity index (χ4n) is 1.10. The third kappa shape index (κ3) is 6.14. The molecular weight excluding hydrogens is 240 g/mol. The van der Waals surface area contributed by atoms with Crippen molar-refractivity contribution in [1.29, 1.82) is 0 Å². The van der Waals surface area contributed by atoms with Crippen LogP contribution in [-0.2, 0) is 4.74 Å². The number of anilines is 1. The van der Waals surface area contributed by atoms with Crippen LogP contribution < -0.4 is 5.32 Å². The minimum Gasteiger partial charge on any atom is -0.443 e. The van der Waals surface area contributed by atoms with Gasteiger partial charge in [-0.1, -0.05) is 11.6 Å². The van der Waals surface area contributed by atoms with Crippen molar-refractivity contribution in [3.63, 3.8) is 0 Å². The lowest BCUT2D eigenvalue weighted by molar-refractivity contribution is -0.870. The van der Waals surface area contributed by atoms with Gasteiger partial charge in [-0.2, -0.15) is 0 Å². The molecule has 94 valence electrons. The summed E-state index contributed by atoms with van der Waals surface area (Å²) in [4.78, 5) is 11.4. The highest BCUT2D eigenvalue weighted by atomic mass is 35.5. The molecule has 0 saturated carbocycles. The van der Waals surface area contributed by atoms with Gasteiger partial charge in [0.1, 0.15) is 13.2 Å². The summed E-state index contributed by atoms with van der Waals surface area (Å²) in [6.45, 7) is 1.16. The first kappa shape index (κ1) is 13.8. The molecule has 1 N–H and O–H groups in total. The second-order valence-electron chi connectivity index (χ2n) is 4.78. The van der Waals surface area contributed by atoms with Crippen LogP contribution >= 0.6 is 11.6 Å². The highest BCUT2D eigenvalue weighted by Crippen LogP contribution is 2.13. The van der Waals surface area contributed by atoms with E-state index in [0.29, 0.717) is 17.3 Å². The van der Waals surface area contributed by atoms with Gasteiger partial charge in [0.05, 0.1) is 21.1 Å². The van der Waals surface area contributed by atoms with Gasteiger partial charge in [-0.3, -0.25) is 5.32 Å². The van der Waals surface area contributed by atoms with Crippen molar-refractivity contribution in [3.8, 4) is 0 Å². The van der Waals surface area contributed by atoms with Gasteiger partial charge < -0.3 is 9.22 Å². The molecule has 0 spiro atoms. The van der Waals surface area contributed by atoms with E-state index in [1.807, 2.05) is 21.1 Å². The van der Waals surface area contributed by atoms with Gasteiger partial charge in [-0.15, -0.1) is 0 Å². The number of amides is 1. The van der Waals surface area contributed by atoms with Gasteiger partial charge in [-0.05, 0) is 24.3 Å². The number of quaternary nitrogens is 1. The maximum atomic E-state index is 11.4. The first-order valence-electron chi connectivity index (χ1n) is 5.37. The summed E-state index contributed by atoms with van der Waals surface area (Å²) >= 11 is 5.74. The van der Waals surface area contributed by atoms with E-state index in [0.717, 1.165) is 11.0 Å². The van der Waals surface area contributed by atoms with Crippen molar-refractivity contribution in [2.45, 2.75) is 0 Å². The Morgan fingerprint density at radius 1 is 1.29 bits per heavy atom. The molecule has 17 heavy (non-hydrogen) atoms. The minimum absolute atomic E-state index is 0.392. The standard InChI is InChI=1S/C12H17ClN2O2/c1-15(2,3)8-9-17-12(16)14-11-6-4-10(13)5-7-11/h4-7H,8-9H2,1-3H3/p+1. The summed E-state index contributed by atoms with van der Waals surface area (Å²) in [5.41, 5.74) is 0.671. The molecule has 0 aliphatic heterocycles. The normalized spacial score (nSPS) is 11.1. The number of hydrogen-bond donors (Lipinski definition) is 1. The summed E-state index contributed by atoms with van der Waals surface area (Å²) in [6.07, 6.45) is -0.444. The number of nitrogens with one attached hydrogen (secondary N) is 1. The topological polar surface area (TPSA) is 38.3 Å². The Balaban J connectivity index is 2.32. The molecule has 0 bridgehead atoms. The zero-order valence-electron chi connectivity index (χ0n) is 10.4. The Morgan fingerprint density at radius 3 is 2.41 bits per heavy atom. The van der Waals surface area contributed by atoms with E-state index in [-0.39, 0.29) is 0 Å². The molecule has 0 aromatic heterocycles. The molecule has 0 unspecified atom stereocenters. The molecule has 0 aliphatic rings. The van der Waals surface area contributed by atoms with Crippen LogP contribution in [0.25, 0.3) is 0 Å². The van der Waals surface area contributed by atoms with E-state index in [1.165, 1.54) is 0 Å². The van der Waals surface area contributed by atoms with Gasteiger partial charge in [0, 0.05) is 10.7 Å². The number of halogens is 1. The van der Waals surface area contributed by atoms with Crippen LogP contribution in [0.4, 0.5) is 10.5 Å². The van der Waals surface area contributed by atoms with Crippen LogP contribution in [0, 0.1) is 0 Å². The predicted molar refractivity (Wildman–Crippen MR) is 69.3 cm³/mol. The number of hydrogen-bond acceptors (Lipinski definition) is 2. The van der Waals surface area contributed by atoms with Gasteiger partial charge in [0.15, 0.2) is 0 Å². The van der Waals surface area contributed by atoms with Crippen LogP contribution in [0.3, 0.4) is 0 Å². The first-order valence-corrected chi connectivity index (χ1v) is 5.74. The van der Waals surface area contributed by atoms with Crippen molar-refractivity contribution in [1.82, 2.24) is 0 Å². The average Bonchev–Trinajstić information content (AvgIpc) is 2.19. The zero-order chi connectivity index (χ0) is 12.9. The predicted octanol–water partition coefficient (Wildman–Crippen LogP) is 2.59. The van der Waals surface area contributed by atoms with Crippen molar-refractivity contribution in [2.24, 2.45) is 0 Å². The van der Waals surface area contributed by atoms with Gasteiger partial charge in [0.2, 0.25) is 0 Å². The molecular formula is C12H18ClN2O2+. The Hall–Kier alpha value is -1.26. The Labute approximate surface area is 107 Å². The number of rotatable bonds is 4. The second-order valence-corrected chi connectivity index (χ2v) is 5.22. The minimum atomic E-state index is -0.444. The fourth-order valence-corrected chi connectivity index (χ4v) is 1.23. The van der Waals surface area contributed by atoms with E-state index in [2.05, 4.69) is 5.32 Å². The maximum Gasteiger partial charge on any atom is 0.411 e. The van der Waals surface area contributed by atoms with Crippen LogP contribution in [-0.4, -0.2) is 44.9 Å². The van der Waals surface area contributed by atoms with E-state index in [9.17, 15) is 4.79 Å². The largest absolute Gasteiger partial charge is 0.443 e. The van der Waals surface area contributed by atoms with Crippen molar-refractivity contribution in [2.75, 3.05) is 39.6 Å². The van der Waals surface area contributed by atoms with Crippen LogP contribution in [0.2, 0.25) is 5.02 Å². The molecule has 4 nitrogen and oxygen atoms in total. The number of nitrogens with zero attached hydrogens (tertiary/aromatic N) is 1. The molecule has 0 radical (unpaired) electrons. The molecule has 0 heterocycles. The smallest absolute Gasteiger partial charge is 0.411 e. The SMILES string of the molecule is C[N+](C)(C)CCOC(=O)Nc1ccc(Cl)cc1. The van der Waals surface area contributed by atoms with Gasteiger partial charge in [0.25, 0.3) is 0 Å². The molecule has 5 heteroatoms. The number of carbonyl (C=O) groups is 1. The quantitative estimate of drug-likeness (QED) is 0.842. The van der Waals surface area contributed by atoms with E-state index in [1.54, 1.807) is 24.3 Å². The Kier molecular flexibility index (Phi) is 4.78. The monoisotopic (exact) mass is 257 g/mol. The fraction of sp³-hybridized carbons (Fsp3) is 0.417. The molecule has 0 atom stereocenters. The lowest BCUT2D eigenvalue weighted by Gasteiger charge is -2.23. The summed E-state index contributed by atoms with van der Waals surface area (Å²) in [5, 5.41) is 3.26. The molecule has 1 aromatic carbocycles. The molecule has 0 saturated heterocycles. The Morgan fingerprint density at radius 2 is 1.88 bits per heavy atom. The van der Waals surface area contributed by atoms with Crippen LogP contribution in [0.15, 0.2) is 24.3 Å².